The van der Waals surface area contributed by atoms with Gasteiger partial charge in [-0.05, 0) is 30.3 Å². The summed E-state index contributed by atoms with van der Waals surface area (Å²) >= 11 is 0. The zero-order chi connectivity index (χ0) is 19.6. The number of piperazine rings is 1. The van der Waals surface area contributed by atoms with Gasteiger partial charge in [0.05, 0.1) is 17.4 Å². The summed E-state index contributed by atoms with van der Waals surface area (Å²) in [7, 11) is 0. The number of benzene rings is 2. The van der Waals surface area contributed by atoms with Crippen LogP contribution in [-0.4, -0.2) is 61.9 Å². The Morgan fingerprint density at radius 3 is 2.55 bits per heavy atom. The van der Waals surface area contributed by atoms with Crippen LogP contribution in [0.4, 0.5) is 5.69 Å². The predicted octanol–water partition coefficient (Wildman–Crippen LogP) is 2.17. The lowest BCUT2D eigenvalue weighted by atomic mass is 10.2. The summed E-state index contributed by atoms with van der Waals surface area (Å²) in [5.74, 6) is -0.0845. The number of fused-ring (bicyclic) bond motifs is 1. The molecule has 1 saturated heterocycles. The van der Waals surface area contributed by atoms with Crippen LogP contribution >= 0.6 is 0 Å². The molecule has 3 heterocycles. The Balaban J connectivity index is 1.26. The fourth-order valence-electron chi connectivity index (χ4n) is 3.55. The molecule has 5 rings (SSSR count). The van der Waals surface area contributed by atoms with E-state index in [0.29, 0.717) is 18.8 Å². The van der Waals surface area contributed by atoms with E-state index in [9.17, 15) is 4.79 Å². The average Bonchev–Trinajstić information content (AvgIpc) is 3.29. The smallest absolute Gasteiger partial charge is 0.276 e. The van der Waals surface area contributed by atoms with Crippen LogP contribution in [0.1, 0.15) is 10.5 Å². The SMILES string of the molecule is O=C(c1cnn(-c2ccccc2)n1)N1CCN(c2ccc3ncncc3c2)CC1. The molecule has 4 aromatic rings. The van der Waals surface area contributed by atoms with Crippen molar-refractivity contribution < 1.29 is 4.79 Å². The first-order valence-electron chi connectivity index (χ1n) is 9.50. The van der Waals surface area contributed by atoms with Gasteiger partial charge in [-0.3, -0.25) is 4.79 Å². The Labute approximate surface area is 167 Å². The van der Waals surface area contributed by atoms with Crippen molar-refractivity contribution in [1.29, 1.82) is 0 Å². The van der Waals surface area contributed by atoms with Gasteiger partial charge in [0.15, 0.2) is 5.69 Å². The molecule has 1 aliphatic heterocycles. The van der Waals surface area contributed by atoms with Crippen molar-refractivity contribution in [1.82, 2.24) is 29.9 Å². The average molecular weight is 385 g/mol. The molecule has 0 aliphatic carbocycles. The normalized spacial score (nSPS) is 14.3. The van der Waals surface area contributed by atoms with Crippen LogP contribution < -0.4 is 4.90 Å². The fraction of sp³-hybridized carbons (Fsp3) is 0.190. The standard InChI is InChI=1S/C21H19N7O/c29-21(20-14-24-28(25-20)17-4-2-1-3-5-17)27-10-8-26(9-11-27)18-6-7-19-16(12-18)13-22-15-23-19/h1-7,12-15H,8-11H2. The summed E-state index contributed by atoms with van der Waals surface area (Å²) in [5.41, 5.74) is 3.25. The first-order chi connectivity index (χ1) is 14.3. The summed E-state index contributed by atoms with van der Waals surface area (Å²) in [6, 6.07) is 15.7. The van der Waals surface area contributed by atoms with E-state index in [1.807, 2.05) is 47.5 Å². The first kappa shape index (κ1) is 17.3. The largest absolute Gasteiger partial charge is 0.368 e. The zero-order valence-electron chi connectivity index (χ0n) is 15.7. The monoisotopic (exact) mass is 385 g/mol. The van der Waals surface area contributed by atoms with Crippen molar-refractivity contribution >= 4 is 22.5 Å². The minimum absolute atomic E-state index is 0.0845. The topological polar surface area (TPSA) is 80.0 Å². The van der Waals surface area contributed by atoms with Gasteiger partial charge in [0.2, 0.25) is 0 Å². The third-order valence-electron chi connectivity index (χ3n) is 5.12. The number of para-hydroxylation sites is 1. The molecule has 0 spiro atoms. The third-order valence-corrected chi connectivity index (χ3v) is 5.12. The van der Waals surface area contributed by atoms with Gasteiger partial charge >= 0.3 is 0 Å². The van der Waals surface area contributed by atoms with Crippen LogP contribution in [-0.2, 0) is 0 Å². The quantitative estimate of drug-likeness (QED) is 0.538. The highest BCUT2D eigenvalue weighted by molar-refractivity contribution is 5.92. The Morgan fingerprint density at radius 2 is 1.72 bits per heavy atom. The van der Waals surface area contributed by atoms with Gasteiger partial charge < -0.3 is 9.80 Å². The van der Waals surface area contributed by atoms with Crippen molar-refractivity contribution in [3.8, 4) is 5.69 Å². The maximum atomic E-state index is 12.8. The molecule has 1 amide bonds. The van der Waals surface area contributed by atoms with Crippen molar-refractivity contribution in [2.75, 3.05) is 31.1 Å². The number of aromatic nitrogens is 5. The Hall–Kier alpha value is -3.81. The number of hydrogen-bond donors (Lipinski definition) is 0. The number of amides is 1. The van der Waals surface area contributed by atoms with E-state index in [4.69, 9.17) is 0 Å². The number of anilines is 1. The van der Waals surface area contributed by atoms with E-state index in [2.05, 4.69) is 37.2 Å². The van der Waals surface area contributed by atoms with Gasteiger partial charge in [-0.15, -0.1) is 5.10 Å². The molecule has 8 nitrogen and oxygen atoms in total. The van der Waals surface area contributed by atoms with Crippen LogP contribution in [0.15, 0.2) is 67.3 Å². The van der Waals surface area contributed by atoms with E-state index in [-0.39, 0.29) is 5.91 Å². The number of nitrogens with zero attached hydrogens (tertiary/aromatic N) is 7. The fourth-order valence-corrected chi connectivity index (χ4v) is 3.55. The highest BCUT2D eigenvalue weighted by Crippen LogP contribution is 2.22. The Bertz CT molecular complexity index is 1150. The molecular weight excluding hydrogens is 366 g/mol. The first-order valence-corrected chi connectivity index (χ1v) is 9.50. The number of hydrogen-bond acceptors (Lipinski definition) is 6. The van der Waals surface area contributed by atoms with Crippen LogP contribution in [0.2, 0.25) is 0 Å². The van der Waals surface area contributed by atoms with Crippen LogP contribution in [0, 0.1) is 0 Å². The molecule has 2 aromatic heterocycles. The molecular formula is C21H19N7O. The van der Waals surface area contributed by atoms with Gasteiger partial charge in [0.1, 0.15) is 6.33 Å². The lowest BCUT2D eigenvalue weighted by molar-refractivity contribution is 0.0740. The van der Waals surface area contributed by atoms with Crippen molar-refractivity contribution in [3.05, 3.63) is 72.9 Å². The summed E-state index contributed by atoms with van der Waals surface area (Å²) in [5, 5.41) is 9.60. The lowest BCUT2D eigenvalue weighted by Crippen LogP contribution is -2.48. The molecule has 8 heteroatoms. The molecule has 0 saturated carbocycles. The summed E-state index contributed by atoms with van der Waals surface area (Å²) in [6.07, 6.45) is 4.91. The highest BCUT2D eigenvalue weighted by Gasteiger charge is 2.24. The minimum Gasteiger partial charge on any atom is -0.368 e. The number of carbonyl (C=O) groups excluding carboxylic acids is 1. The summed E-state index contributed by atoms with van der Waals surface area (Å²) in [4.78, 5) is 26.8. The minimum atomic E-state index is -0.0845. The molecule has 2 aromatic carbocycles. The number of rotatable bonds is 3. The molecule has 0 atom stereocenters. The maximum absolute atomic E-state index is 12.8. The molecule has 1 aliphatic rings. The summed E-state index contributed by atoms with van der Waals surface area (Å²) in [6.45, 7) is 2.80. The van der Waals surface area contributed by atoms with Gasteiger partial charge in [-0.1, -0.05) is 18.2 Å². The molecule has 0 bridgehead atoms. The van der Waals surface area contributed by atoms with E-state index in [1.54, 1.807) is 6.33 Å². The van der Waals surface area contributed by atoms with Crippen molar-refractivity contribution in [2.45, 2.75) is 0 Å². The lowest BCUT2D eigenvalue weighted by Gasteiger charge is -2.35. The van der Waals surface area contributed by atoms with Gasteiger partial charge in [-0.25, -0.2) is 9.97 Å². The molecule has 0 N–H and O–H groups in total. The molecule has 144 valence electrons. The van der Waals surface area contributed by atoms with E-state index < -0.39 is 0 Å². The predicted molar refractivity (Wildman–Crippen MR) is 109 cm³/mol. The Kier molecular flexibility index (Phi) is 4.36. The maximum Gasteiger partial charge on any atom is 0.276 e. The third kappa shape index (κ3) is 3.40. The summed E-state index contributed by atoms with van der Waals surface area (Å²) < 4.78 is 0. The Morgan fingerprint density at radius 1 is 0.897 bits per heavy atom. The van der Waals surface area contributed by atoms with Crippen molar-refractivity contribution in [3.63, 3.8) is 0 Å². The second-order valence-electron chi connectivity index (χ2n) is 6.90. The number of carbonyl (C=O) groups is 1. The van der Waals surface area contributed by atoms with E-state index >= 15 is 0 Å². The zero-order valence-corrected chi connectivity index (χ0v) is 15.7. The van der Waals surface area contributed by atoms with Crippen LogP contribution in [0.3, 0.4) is 0 Å². The molecule has 0 radical (unpaired) electrons. The van der Waals surface area contributed by atoms with E-state index in [0.717, 1.165) is 35.4 Å². The highest BCUT2D eigenvalue weighted by atomic mass is 16.2. The molecule has 29 heavy (non-hydrogen) atoms. The second-order valence-corrected chi connectivity index (χ2v) is 6.90. The van der Waals surface area contributed by atoms with Gasteiger partial charge in [-0.2, -0.15) is 9.90 Å². The van der Waals surface area contributed by atoms with Crippen molar-refractivity contribution in [2.24, 2.45) is 0 Å². The van der Waals surface area contributed by atoms with Crippen LogP contribution in [0.25, 0.3) is 16.6 Å². The molecule has 1 fully saturated rings. The molecule has 0 unspecified atom stereocenters. The van der Waals surface area contributed by atoms with Gasteiger partial charge in [0, 0.05) is 43.4 Å². The van der Waals surface area contributed by atoms with Crippen LogP contribution in [0.5, 0.6) is 0 Å². The van der Waals surface area contributed by atoms with Gasteiger partial charge in [0.25, 0.3) is 5.91 Å². The second kappa shape index (κ2) is 7.31. The van der Waals surface area contributed by atoms with E-state index in [1.165, 1.54) is 11.0 Å².